The maximum absolute atomic E-state index is 12.3. The molecule has 0 atom stereocenters. The fraction of sp³-hybridized carbons (Fsp3) is 0. The summed E-state index contributed by atoms with van der Waals surface area (Å²) in [5.41, 5.74) is 1.35. The largest absolute Gasteiger partial charge is 2.00 e. The molecular weight excluding hydrogens is 438 g/mol. The van der Waals surface area contributed by atoms with Gasteiger partial charge in [0.2, 0.25) is 0 Å². The van der Waals surface area contributed by atoms with Crippen LogP contribution in [-0.2, 0) is 17.1 Å². The Morgan fingerprint density at radius 3 is 2.20 bits per heavy atom. The summed E-state index contributed by atoms with van der Waals surface area (Å²) in [6.07, 6.45) is 20.9. The molecule has 2 aromatic heterocycles. The Bertz CT molecular complexity index is 895. The average Bonchev–Trinajstić information content (AvgIpc) is 3.57. The van der Waals surface area contributed by atoms with Crippen LogP contribution in [0, 0.1) is 63.7 Å². The molecule has 2 saturated carbocycles. The first-order valence-electron chi connectivity index (χ1n) is 8.92. The van der Waals surface area contributed by atoms with E-state index in [-0.39, 0.29) is 23.0 Å². The molecule has 10 radical (unpaired) electrons. The number of amides is 1. The Balaban J connectivity index is 0.000000376. The molecule has 2 aliphatic carbocycles. The van der Waals surface area contributed by atoms with Gasteiger partial charge >= 0.3 is 17.1 Å². The van der Waals surface area contributed by atoms with E-state index < -0.39 is 0 Å². The Labute approximate surface area is 192 Å². The second-order valence-electron chi connectivity index (χ2n) is 5.97. The first kappa shape index (κ1) is 22.7. The topological polar surface area (TPSA) is 72.7 Å². The van der Waals surface area contributed by atoms with Gasteiger partial charge in [-0.05, 0) is 69.9 Å². The number of hydrogen-bond donors (Lipinski definition) is 1. The molecule has 0 saturated heterocycles. The molecule has 6 nitrogen and oxygen atoms in total. The standard InChI is InChI=1S/C17H12N5OS.C5H5.Fe/c23-15(13-8-2-1-3-9-13)21-17-20-14(12-6-4-5-7-12)16(24-17)22-11-18-10-19-22;1-2-4-5-3-1;/h1-11H,(H,20,21,23);1-5H;/q;;+2. The van der Waals surface area contributed by atoms with Gasteiger partial charge in [0.1, 0.15) is 17.7 Å². The van der Waals surface area contributed by atoms with E-state index in [2.05, 4.69) is 20.4 Å². The molecule has 30 heavy (non-hydrogen) atoms. The van der Waals surface area contributed by atoms with Gasteiger partial charge < -0.3 is 0 Å². The van der Waals surface area contributed by atoms with Gasteiger partial charge in [0.05, 0.1) is 5.69 Å². The van der Waals surface area contributed by atoms with Crippen molar-refractivity contribution in [2.45, 2.75) is 0 Å². The predicted molar refractivity (Wildman–Crippen MR) is 112 cm³/mol. The summed E-state index contributed by atoms with van der Waals surface area (Å²) < 4.78 is 1.65. The number of aromatic nitrogens is 4. The fourth-order valence-corrected chi connectivity index (χ4v) is 3.55. The van der Waals surface area contributed by atoms with E-state index in [0.29, 0.717) is 10.7 Å². The van der Waals surface area contributed by atoms with Crippen molar-refractivity contribution in [2.24, 2.45) is 0 Å². The van der Waals surface area contributed by atoms with E-state index in [1.807, 2.05) is 76.0 Å². The Kier molecular flexibility index (Phi) is 8.61. The minimum absolute atomic E-state index is 0. The van der Waals surface area contributed by atoms with E-state index in [0.717, 1.165) is 16.6 Å². The molecule has 2 heterocycles. The monoisotopic (exact) mass is 455 g/mol. The molecule has 1 aromatic carbocycles. The van der Waals surface area contributed by atoms with Gasteiger partial charge in [-0.15, -0.1) is 0 Å². The van der Waals surface area contributed by atoms with Gasteiger partial charge in [0, 0.05) is 11.5 Å². The number of thiazole rings is 1. The van der Waals surface area contributed by atoms with E-state index >= 15 is 0 Å². The summed E-state index contributed by atoms with van der Waals surface area (Å²) in [6, 6.07) is 9.05. The van der Waals surface area contributed by atoms with E-state index in [9.17, 15) is 4.79 Å². The van der Waals surface area contributed by atoms with Gasteiger partial charge in [-0.25, -0.2) is 14.6 Å². The van der Waals surface area contributed by atoms with Crippen molar-refractivity contribution in [1.82, 2.24) is 19.7 Å². The molecule has 8 heteroatoms. The van der Waals surface area contributed by atoms with Crippen LogP contribution >= 0.6 is 11.3 Å². The number of rotatable bonds is 4. The molecule has 1 amide bonds. The smallest absolute Gasteiger partial charge is 0.298 e. The van der Waals surface area contributed by atoms with Crippen molar-refractivity contribution < 1.29 is 21.9 Å². The average molecular weight is 455 g/mol. The first-order chi connectivity index (χ1) is 14.3. The van der Waals surface area contributed by atoms with Crippen molar-refractivity contribution in [2.75, 3.05) is 5.32 Å². The summed E-state index contributed by atoms with van der Waals surface area (Å²) in [5.74, 6) is 0.778. The third-order valence-corrected chi connectivity index (χ3v) is 4.94. The third kappa shape index (κ3) is 5.78. The van der Waals surface area contributed by atoms with E-state index in [1.165, 1.54) is 17.7 Å². The van der Waals surface area contributed by atoms with Crippen molar-refractivity contribution in [3.8, 4) is 5.00 Å². The molecule has 148 valence electrons. The molecule has 0 bridgehead atoms. The van der Waals surface area contributed by atoms with Gasteiger partial charge in [0.15, 0.2) is 5.13 Å². The zero-order valence-corrected chi connectivity index (χ0v) is 17.6. The van der Waals surface area contributed by atoms with Gasteiger partial charge in [-0.2, -0.15) is 5.10 Å². The third-order valence-electron chi connectivity index (χ3n) is 3.98. The normalized spacial score (nSPS) is 15.9. The molecule has 0 unspecified atom stereocenters. The van der Waals surface area contributed by atoms with Crippen LogP contribution in [0.25, 0.3) is 5.00 Å². The van der Waals surface area contributed by atoms with Crippen molar-refractivity contribution in [3.63, 3.8) is 0 Å². The number of benzene rings is 1. The zero-order valence-electron chi connectivity index (χ0n) is 15.7. The molecule has 2 aliphatic rings. The summed E-state index contributed by atoms with van der Waals surface area (Å²) in [4.78, 5) is 20.9. The number of carbonyl (C=O) groups is 1. The first-order valence-corrected chi connectivity index (χ1v) is 9.74. The number of carbonyl (C=O) groups excluding carboxylic acids is 1. The molecule has 2 fully saturated rings. The van der Waals surface area contributed by atoms with Crippen LogP contribution < -0.4 is 5.32 Å². The molecule has 1 N–H and O–H groups in total. The van der Waals surface area contributed by atoms with Crippen molar-refractivity contribution >= 4 is 22.4 Å². The maximum atomic E-state index is 12.3. The summed E-state index contributed by atoms with van der Waals surface area (Å²) in [7, 11) is 0. The minimum Gasteiger partial charge on any atom is -0.298 e. The summed E-state index contributed by atoms with van der Waals surface area (Å²) in [5, 5.41) is 8.35. The Morgan fingerprint density at radius 1 is 0.933 bits per heavy atom. The number of hydrogen-bond acceptors (Lipinski definition) is 5. The van der Waals surface area contributed by atoms with Crippen LogP contribution in [0.3, 0.4) is 0 Å². The van der Waals surface area contributed by atoms with Crippen molar-refractivity contribution in [1.29, 1.82) is 0 Å². The summed E-state index contributed by atoms with van der Waals surface area (Å²) in [6.45, 7) is 0. The van der Waals surface area contributed by atoms with Gasteiger partial charge in [-0.3, -0.25) is 10.1 Å². The SMILES string of the molecule is O=C(Nc1nc([C]2[CH][CH][CH][CH]2)c(-n2cncn2)s1)c1ccccc1.[CH]1[CH][CH][CH][CH]1.[Fe+2]. The molecule has 0 aliphatic heterocycles. The zero-order chi connectivity index (χ0) is 19.9. The molecule has 5 rings (SSSR count). The maximum Gasteiger partial charge on any atom is 2.00 e. The second kappa shape index (κ2) is 11.4. The van der Waals surface area contributed by atoms with E-state index in [4.69, 9.17) is 0 Å². The van der Waals surface area contributed by atoms with Crippen LogP contribution in [0.2, 0.25) is 0 Å². The number of nitrogens with one attached hydrogen (secondary N) is 1. The predicted octanol–water partition coefficient (Wildman–Crippen LogP) is 3.75. The fourth-order valence-electron chi connectivity index (χ4n) is 2.63. The minimum atomic E-state index is -0.191. The van der Waals surface area contributed by atoms with Crippen molar-refractivity contribution in [3.05, 3.63) is 118 Å². The van der Waals surface area contributed by atoms with Crippen LogP contribution in [-0.4, -0.2) is 25.7 Å². The Hall–Kier alpha value is -2.02. The second-order valence-corrected chi connectivity index (χ2v) is 6.95. The molecule has 0 spiro atoms. The van der Waals surface area contributed by atoms with E-state index in [1.54, 1.807) is 23.1 Å². The van der Waals surface area contributed by atoms with Crippen LogP contribution in [0.15, 0.2) is 43.0 Å². The summed E-state index contributed by atoms with van der Waals surface area (Å²) >= 11 is 1.36. The Morgan fingerprint density at radius 2 is 1.60 bits per heavy atom. The quantitative estimate of drug-likeness (QED) is 0.609. The van der Waals surface area contributed by atoms with Gasteiger partial charge in [-0.1, -0.05) is 29.5 Å². The van der Waals surface area contributed by atoms with Crippen LogP contribution in [0.1, 0.15) is 16.1 Å². The molecular formula is C22H17FeN5OS+2. The number of anilines is 1. The number of nitrogens with zero attached hydrogens (tertiary/aromatic N) is 4. The van der Waals surface area contributed by atoms with Crippen LogP contribution in [0.4, 0.5) is 5.13 Å². The van der Waals surface area contributed by atoms with Crippen LogP contribution in [0.5, 0.6) is 0 Å². The van der Waals surface area contributed by atoms with Gasteiger partial charge in [0.25, 0.3) is 5.91 Å². The molecule has 3 aromatic rings.